The first-order chi connectivity index (χ1) is 8.25. The second-order valence-corrected chi connectivity index (χ2v) is 5.05. The Bertz CT molecular complexity index is 549. The Hall–Kier alpha value is -1.33. The molecule has 1 unspecified atom stereocenters. The quantitative estimate of drug-likeness (QED) is 0.837. The lowest BCUT2D eigenvalue weighted by Crippen LogP contribution is -2.28. The first-order valence-electron chi connectivity index (χ1n) is 5.77. The number of pyridine rings is 1. The second kappa shape index (κ2) is 4.16. The minimum atomic E-state index is 0.398. The molecule has 0 saturated heterocycles. The Labute approximate surface area is 104 Å². The van der Waals surface area contributed by atoms with E-state index in [4.69, 9.17) is 0 Å². The third kappa shape index (κ3) is 1.85. The molecule has 4 nitrogen and oxygen atoms in total. The van der Waals surface area contributed by atoms with Crippen LogP contribution in [0.25, 0.3) is 10.7 Å². The molecule has 0 bridgehead atoms. The predicted octanol–water partition coefficient (Wildman–Crippen LogP) is 2.12. The number of hydrogen-bond acceptors (Lipinski definition) is 5. The number of aromatic nitrogens is 3. The molecule has 2 aromatic rings. The summed E-state index contributed by atoms with van der Waals surface area (Å²) in [5, 5.41) is 4.40. The van der Waals surface area contributed by atoms with E-state index in [0.717, 1.165) is 29.5 Å². The maximum absolute atomic E-state index is 4.49. The van der Waals surface area contributed by atoms with E-state index < -0.39 is 0 Å². The van der Waals surface area contributed by atoms with E-state index in [1.54, 1.807) is 0 Å². The zero-order valence-electron chi connectivity index (χ0n) is 9.90. The highest BCUT2D eigenvalue weighted by Gasteiger charge is 2.21. The number of hydrogen-bond donors (Lipinski definition) is 1. The summed E-state index contributed by atoms with van der Waals surface area (Å²) in [6, 6.07) is 2.50. The summed E-state index contributed by atoms with van der Waals surface area (Å²) in [5.74, 6) is 0.825. The van der Waals surface area contributed by atoms with E-state index in [1.165, 1.54) is 22.7 Å². The van der Waals surface area contributed by atoms with Crippen molar-refractivity contribution in [1.82, 2.24) is 19.7 Å². The highest BCUT2D eigenvalue weighted by Crippen LogP contribution is 2.30. The van der Waals surface area contributed by atoms with E-state index in [-0.39, 0.29) is 0 Å². The Kier molecular flexibility index (Phi) is 2.64. The van der Waals surface area contributed by atoms with Gasteiger partial charge in [-0.2, -0.15) is 4.37 Å². The highest BCUT2D eigenvalue weighted by molar-refractivity contribution is 7.09. The van der Waals surface area contributed by atoms with E-state index >= 15 is 0 Å². The maximum Gasteiger partial charge on any atom is 0.162 e. The molecule has 5 heteroatoms. The molecule has 0 spiro atoms. The average molecular weight is 246 g/mol. The topological polar surface area (TPSA) is 50.7 Å². The molecule has 0 fully saturated rings. The van der Waals surface area contributed by atoms with E-state index in [1.807, 2.05) is 13.1 Å². The number of nitrogens with one attached hydrogen (secondary N) is 1. The van der Waals surface area contributed by atoms with Crippen molar-refractivity contribution in [3.8, 4) is 10.7 Å². The van der Waals surface area contributed by atoms with Crippen LogP contribution in [0.5, 0.6) is 0 Å². The molecule has 0 radical (unpaired) electrons. The normalized spacial score (nSPS) is 19.1. The zero-order valence-corrected chi connectivity index (χ0v) is 10.7. The van der Waals surface area contributed by atoms with Crippen molar-refractivity contribution in [3.05, 3.63) is 29.2 Å². The number of rotatable bonds is 1. The van der Waals surface area contributed by atoms with Crippen molar-refractivity contribution < 1.29 is 0 Å². The summed E-state index contributed by atoms with van der Waals surface area (Å²) >= 11 is 1.43. The van der Waals surface area contributed by atoms with Gasteiger partial charge in [-0.15, -0.1) is 0 Å². The first kappa shape index (κ1) is 10.8. The van der Waals surface area contributed by atoms with Crippen molar-refractivity contribution in [2.24, 2.45) is 0 Å². The van der Waals surface area contributed by atoms with Crippen LogP contribution in [-0.4, -0.2) is 20.9 Å². The minimum Gasteiger partial charge on any atom is -0.310 e. The molecule has 1 aliphatic rings. The zero-order chi connectivity index (χ0) is 11.8. The smallest absolute Gasteiger partial charge is 0.162 e. The van der Waals surface area contributed by atoms with Crippen LogP contribution in [0.4, 0.5) is 0 Å². The van der Waals surface area contributed by atoms with Crippen LogP contribution in [0.3, 0.4) is 0 Å². The van der Waals surface area contributed by atoms with Gasteiger partial charge in [-0.25, -0.2) is 4.98 Å². The van der Waals surface area contributed by atoms with Gasteiger partial charge in [-0.05, 0) is 55.5 Å². The molecular formula is C12H14N4S. The van der Waals surface area contributed by atoms with Crippen LogP contribution in [0.2, 0.25) is 0 Å². The van der Waals surface area contributed by atoms with Gasteiger partial charge in [0.15, 0.2) is 5.01 Å². The number of fused-ring (bicyclic) bond motifs is 1. The van der Waals surface area contributed by atoms with Gasteiger partial charge in [0.2, 0.25) is 0 Å². The van der Waals surface area contributed by atoms with Gasteiger partial charge in [0, 0.05) is 12.2 Å². The molecule has 0 amide bonds. The molecule has 1 N–H and O–H groups in total. The fourth-order valence-electron chi connectivity index (χ4n) is 2.28. The Morgan fingerprint density at radius 2 is 2.35 bits per heavy atom. The van der Waals surface area contributed by atoms with Gasteiger partial charge in [-0.1, -0.05) is 0 Å². The molecule has 1 aliphatic heterocycles. The van der Waals surface area contributed by atoms with Crippen LogP contribution in [0, 0.1) is 6.92 Å². The summed E-state index contributed by atoms with van der Waals surface area (Å²) in [4.78, 5) is 8.93. The van der Waals surface area contributed by atoms with Gasteiger partial charge in [0.25, 0.3) is 0 Å². The van der Waals surface area contributed by atoms with Crippen LogP contribution >= 0.6 is 11.5 Å². The maximum atomic E-state index is 4.49. The first-order valence-corrected chi connectivity index (χ1v) is 6.55. The molecule has 3 rings (SSSR count). The molecule has 1 atom stereocenters. The highest BCUT2D eigenvalue weighted by atomic mass is 32.1. The SMILES string of the molecule is Cc1nsc(-c2nccc3c2CCNC3C)n1. The van der Waals surface area contributed by atoms with Gasteiger partial charge in [0.1, 0.15) is 11.5 Å². The van der Waals surface area contributed by atoms with Crippen molar-refractivity contribution in [3.63, 3.8) is 0 Å². The van der Waals surface area contributed by atoms with Gasteiger partial charge < -0.3 is 5.32 Å². The van der Waals surface area contributed by atoms with Gasteiger partial charge in [-0.3, -0.25) is 4.98 Å². The summed E-state index contributed by atoms with van der Waals surface area (Å²) in [6.45, 7) is 5.11. The lowest BCUT2D eigenvalue weighted by molar-refractivity contribution is 0.540. The Morgan fingerprint density at radius 3 is 3.12 bits per heavy atom. The van der Waals surface area contributed by atoms with E-state index in [2.05, 4.69) is 32.6 Å². The molecule has 88 valence electrons. The fraction of sp³-hybridized carbons (Fsp3) is 0.417. The van der Waals surface area contributed by atoms with Crippen molar-refractivity contribution in [2.75, 3.05) is 6.54 Å². The predicted molar refractivity (Wildman–Crippen MR) is 68.0 cm³/mol. The van der Waals surface area contributed by atoms with Crippen molar-refractivity contribution in [2.45, 2.75) is 26.3 Å². The molecule has 17 heavy (non-hydrogen) atoms. The lowest BCUT2D eigenvalue weighted by Gasteiger charge is -2.24. The number of aryl methyl sites for hydroxylation is 1. The van der Waals surface area contributed by atoms with Crippen molar-refractivity contribution in [1.29, 1.82) is 0 Å². The molecule has 0 aromatic carbocycles. The fourth-order valence-corrected chi connectivity index (χ4v) is 2.97. The molecule has 3 heterocycles. The van der Waals surface area contributed by atoms with Gasteiger partial charge in [0.05, 0.1) is 0 Å². The second-order valence-electron chi connectivity index (χ2n) is 4.30. The van der Waals surface area contributed by atoms with Crippen LogP contribution in [0.1, 0.15) is 29.9 Å². The van der Waals surface area contributed by atoms with Gasteiger partial charge >= 0.3 is 0 Å². The van der Waals surface area contributed by atoms with Crippen LogP contribution in [-0.2, 0) is 6.42 Å². The average Bonchev–Trinajstić information content (AvgIpc) is 2.76. The Balaban J connectivity index is 2.15. The summed E-state index contributed by atoms with van der Waals surface area (Å²) < 4.78 is 4.24. The summed E-state index contributed by atoms with van der Waals surface area (Å²) in [7, 11) is 0. The Morgan fingerprint density at radius 1 is 1.47 bits per heavy atom. The largest absolute Gasteiger partial charge is 0.310 e. The lowest BCUT2D eigenvalue weighted by atomic mass is 9.95. The third-order valence-corrected chi connectivity index (χ3v) is 3.93. The molecule has 0 saturated carbocycles. The number of nitrogens with zero attached hydrogens (tertiary/aromatic N) is 3. The summed E-state index contributed by atoms with van der Waals surface area (Å²) in [6.07, 6.45) is 2.88. The van der Waals surface area contributed by atoms with Crippen molar-refractivity contribution >= 4 is 11.5 Å². The third-order valence-electron chi connectivity index (χ3n) is 3.11. The molecule has 0 aliphatic carbocycles. The van der Waals surface area contributed by atoms with E-state index in [9.17, 15) is 0 Å². The molecule has 2 aromatic heterocycles. The molecular weight excluding hydrogens is 232 g/mol. The standard InChI is InChI=1S/C12H14N4S/c1-7-9-3-6-14-11(10(9)4-5-13-7)12-15-8(2)16-17-12/h3,6-7,13H,4-5H2,1-2H3. The monoisotopic (exact) mass is 246 g/mol. The minimum absolute atomic E-state index is 0.398. The van der Waals surface area contributed by atoms with Crippen LogP contribution < -0.4 is 5.32 Å². The summed E-state index contributed by atoms with van der Waals surface area (Å²) in [5.41, 5.74) is 3.69. The van der Waals surface area contributed by atoms with Crippen LogP contribution in [0.15, 0.2) is 12.3 Å². The van der Waals surface area contributed by atoms with E-state index in [0.29, 0.717) is 6.04 Å².